The van der Waals surface area contributed by atoms with Crippen LogP contribution in [0, 0.1) is 5.92 Å². The van der Waals surface area contributed by atoms with Crippen molar-refractivity contribution in [2.45, 2.75) is 45.1 Å². The third-order valence-corrected chi connectivity index (χ3v) is 4.63. The lowest BCUT2D eigenvalue weighted by Crippen LogP contribution is -2.42. The van der Waals surface area contributed by atoms with Crippen LogP contribution in [0.25, 0.3) is 0 Å². The first-order chi connectivity index (χ1) is 10.2. The normalized spacial score (nSPS) is 25.5. The summed E-state index contributed by atoms with van der Waals surface area (Å²) in [6, 6.07) is 5.53. The van der Waals surface area contributed by atoms with Crippen LogP contribution in [0.15, 0.2) is 18.2 Å². The summed E-state index contributed by atoms with van der Waals surface area (Å²) in [6.45, 7) is 3.47. The molecule has 2 heterocycles. The van der Waals surface area contributed by atoms with E-state index in [4.69, 9.17) is 4.74 Å². The second kappa shape index (κ2) is 6.06. The molecule has 1 amide bonds. The van der Waals surface area contributed by atoms with E-state index in [0.717, 1.165) is 43.4 Å². The first-order valence-corrected chi connectivity index (χ1v) is 7.94. The first-order valence-electron chi connectivity index (χ1n) is 7.94. The van der Waals surface area contributed by atoms with Gasteiger partial charge in [0.15, 0.2) is 0 Å². The van der Waals surface area contributed by atoms with Gasteiger partial charge in [-0.2, -0.15) is 0 Å². The SMILES string of the molecule is CC[C@@H]1C[C@@H](C(=O)N2CCCc3cccc(O)c32)CCO1. The Labute approximate surface area is 125 Å². The van der Waals surface area contributed by atoms with Crippen LogP contribution < -0.4 is 4.90 Å². The zero-order chi connectivity index (χ0) is 14.8. The van der Waals surface area contributed by atoms with Crippen LogP contribution in [0.3, 0.4) is 0 Å². The molecule has 1 aromatic rings. The van der Waals surface area contributed by atoms with Crippen LogP contribution in [0.4, 0.5) is 5.69 Å². The number of aryl methyl sites for hydroxylation is 1. The van der Waals surface area contributed by atoms with E-state index in [1.165, 1.54) is 0 Å². The number of hydrogen-bond acceptors (Lipinski definition) is 3. The Morgan fingerprint density at radius 1 is 1.48 bits per heavy atom. The Bertz CT molecular complexity index is 529. The average Bonchev–Trinajstić information content (AvgIpc) is 2.54. The molecule has 0 saturated carbocycles. The maximum Gasteiger partial charge on any atom is 0.230 e. The minimum atomic E-state index is 0.0225. The number of para-hydroxylation sites is 1. The van der Waals surface area contributed by atoms with Gasteiger partial charge in [0.25, 0.3) is 0 Å². The number of rotatable bonds is 2. The van der Waals surface area contributed by atoms with Crippen molar-refractivity contribution in [1.29, 1.82) is 0 Å². The molecule has 2 aliphatic rings. The quantitative estimate of drug-likeness (QED) is 0.910. The Kier molecular flexibility index (Phi) is 4.15. The molecule has 1 aromatic carbocycles. The topological polar surface area (TPSA) is 49.8 Å². The summed E-state index contributed by atoms with van der Waals surface area (Å²) in [5.74, 6) is 0.396. The molecule has 1 fully saturated rings. The summed E-state index contributed by atoms with van der Waals surface area (Å²) < 4.78 is 5.67. The van der Waals surface area contributed by atoms with Crippen LogP contribution in [0.1, 0.15) is 38.2 Å². The fourth-order valence-corrected chi connectivity index (χ4v) is 3.46. The number of phenolic OH excluding ortho intramolecular Hbond substituents is 1. The fraction of sp³-hybridized carbons (Fsp3) is 0.588. The molecule has 0 spiro atoms. The number of anilines is 1. The Hall–Kier alpha value is -1.55. The highest BCUT2D eigenvalue weighted by Gasteiger charge is 2.33. The molecule has 21 heavy (non-hydrogen) atoms. The molecule has 0 aliphatic carbocycles. The van der Waals surface area contributed by atoms with Gasteiger partial charge >= 0.3 is 0 Å². The number of carbonyl (C=O) groups is 1. The molecule has 2 aliphatic heterocycles. The van der Waals surface area contributed by atoms with Crippen molar-refractivity contribution in [3.63, 3.8) is 0 Å². The molecular weight excluding hydrogens is 266 g/mol. The summed E-state index contributed by atoms with van der Waals surface area (Å²) >= 11 is 0. The lowest BCUT2D eigenvalue weighted by atomic mass is 9.91. The second-order valence-electron chi connectivity index (χ2n) is 6.00. The van der Waals surface area contributed by atoms with Gasteiger partial charge in [-0.25, -0.2) is 0 Å². The predicted molar refractivity (Wildman–Crippen MR) is 81.5 cm³/mol. The molecule has 0 radical (unpaired) electrons. The first kappa shape index (κ1) is 14.4. The van der Waals surface area contributed by atoms with E-state index in [9.17, 15) is 9.90 Å². The summed E-state index contributed by atoms with van der Waals surface area (Å²) in [6.07, 6.45) is 4.62. The van der Waals surface area contributed by atoms with Gasteiger partial charge in [-0.1, -0.05) is 19.1 Å². The number of benzene rings is 1. The van der Waals surface area contributed by atoms with Gasteiger partial charge in [0, 0.05) is 19.1 Å². The van der Waals surface area contributed by atoms with Crippen molar-refractivity contribution in [2.24, 2.45) is 5.92 Å². The van der Waals surface area contributed by atoms with Gasteiger partial charge < -0.3 is 14.7 Å². The van der Waals surface area contributed by atoms with E-state index in [1.54, 1.807) is 11.0 Å². The average molecular weight is 289 g/mol. The van der Waals surface area contributed by atoms with Gasteiger partial charge in [-0.05, 0) is 43.7 Å². The Morgan fingerprint density at radius 3 is 3.14 bits per heavy atom. The van der Waals surface area contributed by atoms with E-state index >= 15 is 0 Å². The largest absolute Gasteiger partial charge is 0.506 e. The highest BCUT2D eigenvalue weighted by molar-refractivity contribution is 5.97. The molecule has 3 rings (SSSR count). The van der Waals surface area contributed by atoms with Gasteiger partial charge in [0.1, 0.15) is 5.75 Å². The zero-order valence-corrected chi connectivity index (χ0v) is 12.5. The molecule has 0 unspecified atom stereocenters. The number of nitrogens with zero attached hydrogens (tertiary/aromatic N) is 1. The maximum atomic E-state index is 12.9. The minimum absolute atomic E-state index is 0.0225. The van der Waals surface area contributed by atoms with Crippen LogP contribution in [0.2, 0.25) is 0 Å². The van der Waals surface area contributed by atoms with Crippen LogP contribution >= 0.6 is 0 Å². The molecule has 0 bridgehead atoms. The van der Waals surface area contributed by atoms with Gasteiger partial charge in [0.2, 0.25) is 5.91 Å². The fourth-order valence-electron chi connectivity index (χ4n) is 3.46. The maximum absolute atomic E-state index is 12.9. The molecular formula is C17H23NO3. The molecule has 4 heteroatoms. The van der Waals surface area contributed by atoms with Crippen molar-refractivity contribution in [3.8, 4) is 5.75 Å². The van der Waals surface area contributed by atoms with Crippen molar-refractivity contribution < 1.29 is 14.6 Å². The van der Waals surface area contributed by atoms with E-state index < -0.39 is 0 Å². The number of amides is 1. The lowest BCUT2D eigenvalue weighted by molar-refractivity contribution is -0.127. The van der Waals surface area contributed by atoms with E-state index in [-0.39, 0.29) is 23.7 Å². The van der Waals surface area contributed by atoms with E-state index in [2.05, 4.69) is 6.92 Å². The number of ether oxygens (including phenoxy) is 1. The van der Waals surface area contributed by atoms with Crippen molar-refractivity contribution in [1.82, 2.24) is 0 Å². The summed E-state index contributed by atoms with van der Waals surface area (Å²) in [5.41, 5.74) is 1.81. The Morgan fingerprint density at radius 2 is 2.33 bits per heavy atom. The molecule has 1 N–H and O–H groups in total. The molecule has 1 saturated heterocycles. The van der Waals surface area contributed by atoms with Crippen LogP contribution in [-0.2, 0) is 16.0 Å². The number of hydrogen-bond donors (Lipinski definition) is 1. The minimum Gasteiger partial charge on any atom is -0.506 e. The van der Waals surface area contributed by atoms with Crippen LogP contribution in [-0.4, -0.2) is 30.3 Å². The number of carbonyl (C=O) groups excluding carboxylic acids is 1. The highest BCUT2D eigenvalue weighted by Crippen LogP contribution is 2.37. The zero-order valence-electron chi connectivity index (χ0n) is 12.5. The number of aromatic hydroxyl groups is 1. The molecule has 0 aromatic heterocycles. The third kappa shape index (κ3) is 2.77. The lowest BCUT2D eigenvalue weighted by Gasteiger charge is -2.35. The molecule has 4 nitrogen and oxygen atoms in total. The number of phenols is 1. The van der Waals surface area contributed by atoms with Gasteiger partial charge in [-0.3, -0.25) is 4.79 Å². The summed E-state index contributed by atoms with van der Waals surface area (Å²) in [4.78, 5) is 14.7. The monoisotopic (exact) mass is 289 g/mol. The molecule has 114 valence electrons. The standard InChI is InChI=1S/C17H23NO3/c1-2-14-11-13(8-10-21-14)17(20)18-9-4-6-12-5-3-7-15(19)16(12)18/h3,5,7,13-14,19H,2,4,6,8-11H2,1H3/t13-,14+/m0/s1. The van der Waals surface area contributed by atoms with Gasteiger partial charge in [0.05, 0.1) is 11.8 Å². The molecule has 2 atom stereocenters. The van der Waals surface area contributed by atoms with Crippen LogP contribution in [0.5, 0.6) is 5.75 Å². The van der Waals surface area contributed by atoms with E-state index in [0.29, 0.717) is 13.2 Å². The Balaban J connectivity index is 1.83. The predicted octanol–water partition coefficient (Wildman–Crippen LogP) is 2.88. The third-order valence-electron chi connectivity index (χ3n) is 4.63. The second-order valence-corrected chi connectivity index (χ2v) is 6.00. The van der Waals surface area contributed by atoms with Crippen molar-refractivity contribution in [2.75, 3.05) is 18.1 Å². The summed E-state index contributed by atoms with van der Waals surface area (Å²) in [5, 5.41) is 10.2. The van der Waals surface area contributed by atoms with Gasteiger partial charge in [-0.15, -0.1) is 0 Å². The number of fused-ring (bicyclic) bond motifs is 1. The highest BCUT2D eigenvalue weighted by atomic mass is 16.5. The van der Waals surface area contributed by atoms with Crippen molar-refractivity contribution >= 4 is 11.6 Å². The van der Waals surface area contributed by atoms with E-state index in [1.807, 2.05) is 12.1 Å². The summed E-state index contributed by atoms with van der Waals surface area (Å²) in [7, 11) is 0. The smallest absolute Gasteiger partial charge is 0.230 e. The van der Waals surface area contributed by atoms with Crippen molar-refractivity contribution in [3.05, 3.63) is 23.8 Å².